The summed E-state index contributed by atoms with van der Waals surface area (Å²) in [7, 11) is 0. The molecule has 0 spiro atoms. The molecule has 1 fully saturated rings. The van der Waals surface area contributed by atoms with Gasteiger partial charge in [-0.15, -0.1) is 0 Å². The highest BCUT2D eigenvalue weighted by atomic mass is 16.6. The fourth-order valence-corrected chi connectivity index (χ4v) is 2.47. The van der Waals surface area contributed by atoms with Crippen molar-refractivity contribution in [2.75, 3.05) is 13.1 Å². The van der Waals surface area contributed by atoms with Crippen LogP contribution >= 0.6 is 0 Å². The molecule has 122 valence electrons. The molecule has 5 heteroatoms. The molecular weight excluding hydrogens is 280 g/mol. The first-order chi connectivity index (χ1) is 10.5. The van der Waals surface area contributed by atoms with E-state index >= 15 is 0 Å². The molecule has 0 aromatic heterocycles. The minimum absolute atomic E-state index is 0.130. The van der Waals surface area contributed by atoms with Crippen molar-refractivity contribution in [1.29, 1.82) is 0 Å². The van der Waals surface area contributed by atoms with Gasteiger partial charge in [-0.1, -0.05) is 30.3 Å². The number of nitrogens with zero attached hydrogens (tertiary/aromatic N) is 1. The Balaban J connectivity index is 1.73. The van der Waals surface area contributed by atoms with E-state index in [2.05, 4.69) is 5.48 Å². The average molecular weight is 306 g/mol. The molecule has 1 aliphatic rings. The zero-order chi connectivity index (χ0) is 16.0. The van der Waals surface area contributed by atoms with E-state index < -0.39 is 5.60 Å². The Bertz CT molecular complexity index is 471. The van der Waals surface area contributed by atoms with Crippen LogP contribution in [0.1, 0.15) is 39.2 Å². The van der Waals surface area contributed by atoms with Gasteiger partial charge in [0.15, 0.2) is 0 Å². The highest BCUT2D eigenvalue weighted by Gasteiger charge is 2.31. The maximum Gasteiger partial charge on any atom is 0.410 e. The molecule has 1 saturated heterocycles. The van der Waals surface area contributed by atoms with Crippen LogP contribution in [0.5, 0.6) is 0 Å². The number of likely N-dealkylation sites (tertiary alicyclic amines) is 1. The highest BCUT2D eigenvalue weighted by Crippen LogP contribution is 2.20. The van der Waals surface area contributed by atoms with Crippen molar-refractivity contribution in [1.82, 2.24) is 10.4 Å². The molecule has 1 atom stereocenters. The quantitative estimate of drug-likeness (QED) is 0.671. The number of hydroxylamine groups is 1. The van der Waals surface area contributed by atoms with Gasteiger partial charge in [0.05, 0.1) is 6.61 Å². The third-order valence-corrected chi connectivity index (χ3v) is 3.51. The molecule has 22 heavy (non-hydrogen) atoms. The standard InChI is InChI=1S/C17H26N2O3/c1-17(2,3)22-16(20)19-11-7-10-15(19)12-18-21-13-14-8-5-4-6-9-14/h4-6,8-9,15,18H,7,10-13H2,1-3H3/t15-/m0/s1. The predicted octanol–water partition coefficient (Wildman–Crippen LogP) is 3.11. The number of benzene rings is 1. The second-order valence-electron chi connectivity index (χ2n) is 6.59. The smallest absolute Gasteiger partial charge is 0.410 e. The van der Waals surface area contributed by atoms with Gasteiger partial charge in [0.25, 0.3) is 0 Å². The van der Waals surface area contributed by atoms with E-state index in [1.807, 2.05) is 51.1 Å². The molecule has 1 aromatic carbocycles. The van der Waals surface area contributed by atoms with E-state index in [1.54, 1.807) is 4.90 Å². The zero-order valence-corrected chi connectivity index (χ0v) is 13.7. The van der Waals surface area contributed by atoms with Gasteiger partial charge in [0, 0.05) is 19.1 Å². The van der Waals surface area contributed by atoms with Gasteiger partial charge in [-0.05, 0) is 39.2 Å². The first-order valence-electron chi connectivity index (χ1n) is 7.84. The second kappa shape index (κ2) is 7.61. The lowest BCUT2D eigenvalue weighted by Crippen LogP contribution is -2.44. The van der Waals surface area contributed by atoms with Crippen LogP contribution in [0.4, 0.5) is 4.79 Å². The number of hydrogen-bond donors (Lipinski definition) is 1. The predicted molar refractivity (Wildman–Crippen MR) is 85.2 cm³/mol. The van der Waals surface area contributed by atoms with Crippen molar-refractivity contribution in [2.24, 2.45) is 0 Å². The third-order valence-electron chi connectivity index (χ3n) is 3.51. The highest BCUT2D eigenvalue weighted by molar-refractivity contribution is 5.69. The van der Waals surface area contributed by atoms with Crippen LogP contribution in [0.2, 0.25) is 0 Å². The lowest BCUT2D eigenvalue weighted by atomic mass is 10.2. The normalized spacial score (nSPS) is 18.5. The molecule has 0 aliphatic carbocycles. The maximum absolute atomic E-state index is 12.2. The maximum atomic E-state index is 12.2. The summed E-state index contributed by atoms with van der Waals surface area (Å²) in [5, 5.41) is 0. The fraction of sp³-hybridized carbons (Fsp3) is 0.588. The van der Waals surface area contributed by atoms with E-state index in [0.29, 0.717) is 13.2 Å². The van der Waals surface area contributed by atoms with E-state index in [0.717, 1.165) is 24.9 Å². The summed E-state index contributed by atoms with van der Waals surface area (Å²) < 4.78 is 5.45. The number of rotatable bonds is 5. The van der Waals surface area contributed by atoms with Crippen molar-refractivity contribution in [3.63, 3.8) is 0 Å². The van der Waals surface area contributed by atoms with Crippen LogP contribution in [0.3, 0.4) is 0 Å². The number of nitrogens with one attached hydrogen (secondary N) is 1. The third kappa shape index (κ3) is 5.31. The van der Waals surface area contributed by atoms with Crippen LogP contribution in [-0.2, 0) is 16.2 Å². The monoisotopic (exact) mass is 306 g/mol. The van der Waals surface area contributed by atoms with Gasteiger partial charge < -0.3 is 9.64 Å². The van der Waals surface area contributed by atoms with E-state index in [1.165, 1.54) is 0 Å². The van der Waals surface area contributed by atoms with Crippen LogP contribution in [0, 0.1) is 0 Å². The molecule has 0 unspecified atom stereocenters. The Labute approximate surface area is 132 Å². The lowest BCUT2D eigenvalue weighted by Gasteiger charge is -2.28. The molecule has 1 heterocycles. The van der Waals surface area contributed by atoms with Gasteiger partial charge in [-0.2, -0.15) is 0 Å². The van der Waals surface area contributed by atoms with Crippen LogP contribution in [0.15, 0.2) is 30.3 Å². The van der Waals surface area contributed by atoms with Crippen LogP contribution in [0.25, 0.3) is 0 Å². The summed E-state index contributed by atoms with van der Waals surface area (Å²) in [4.78, 5) is 19.4. The van der Waals surface area contributed by atoms with Crippen LogP contribution in [-0.4, -0.2) is 35.7 Å². The number of hydrogen-bond acceptors (Lipinski definition) is 4. The summed E-state index contributed by atoms with van der Waals surface area (Å²) >= 11 is 0. The summed E-state index contributed by atoms with van der Waals surface area (Å²) in [6, 6.07) is 10.1. The van der Waals surface area contributed by atoms with Gasteiger partial charge >= 0.3 is 6.09 Å². The Morgan fingerprint density at radius 2 is 2.05 bits per heavy atom. The zero-order valence-electron chi connectivity index (χ0n) is 13.7. The molecule has 1 aromatic rings. The Hall–Kier alpha value is -1.59. The SMILES string of the molecule is CC(C)(C)OC(=O)N1CCC[C@H]1CNOCc1ccccc1. The average Bonchev–Trinajstić information content (AvgIpc) is 2.91. The molecule has 0 radical (unpaired) electrons. The van der Waals surface area contributed by atoms with Crippen molar-refractivity contribution < 1.29 is 14.4 Å². The number of ether oxygens (including phenoxy) is 1. The van der Waals surface area contributed by atoms with Crippen molar-refractivity contribution in [2.45, 2.75) is 51.9 Å². The molecule has 0 saturated carbocycles. The van der Waals surface area contributed by atoms with Gasteiger partial charge in [-0.3, -0.25) is 4.84 Å². The fourth-order valence-electron chi connectivity index (χ4n) is 2.47. The Kier molecular flexibility index (Phi) is 5.80. The number of carbonyl (C=O) groups is 1. The topological polar surface area (TPSA) is 50.8 Å². The first kappa shape index (κ1) is 16.8. The van der Waals surface area contributed by atoms with Gasteiger partial charge in [0.2, 0.25) is 0 Å². The molecule has 1 aliphatic heterocycles. The number of carbonyl (C=O) groups excluding carboxylic acids is 1. The molecular formula is C17H26N2O3. The van der Waals surface area contributed by atoms with E-state index in [-0.39, 0.29) is 12.1 Å². The molecule has 1 amide bonds. The summed E-state index contributed by atoms with van der Waals surface area (Å²) in [5.41, 5.74) is 3.63. The Morgan fingerprint density at radius 1 is 1.32 bits per heavy atom. The van der Waals surface area contributed by atoms with Crippen LogP contribution < -0.4 is 5.48 Å². The molecule has 5 nitrogen and oxygen atoms in total. The van der Waals surface area contributed by atoms with Crippen molar-refractivity contribution >= 4 is 6.09 Å². The van der Waals surface area contributed by atoms with Crippen molar-refractivity contribution in [3.8, 4) is 0 Å². The summed E-state index contributed by atoms with van der Waals surface area (Å²) in [6.07, 6.45) is 1.74. The Morgan fingerprint density at radius 3 is 2.73 bits per heavy atom. The van der Waals surface area contributed by atoms with E-state index in [4.69, 9.17) is 9.57 Å². The van der Waals surface area contributed by atoms with Crippen molar-refractivity contribution in [3.05, 3.63) is 35.9 Å². The molecule has 2 rings (SSSR count). The number of amides is 1. The van der Waals surface area contributed by atoms with Gasteiger partial charge in [-0.25, -0.2) is 10.3 Å². The molecule has 1 N–H and O–H groups in total. The molecule has 0 bridgehead atoms. The van der Waals surface area contributed by atoms with Gasteiger partial charge in [0.1, 0.15) is 5.60 Å². The van der Waals surface area contributed by atoms with E-state index in [9.17, 15) is 4.79 Å². The lowest BCUT2D eigenvalue weighted by molar-refractivity contribution is 0.00187. The largest absolute Gasteiger partial charge is 0.444 e. The minimum Gasteiger partial charge on any atom is -0.444 e. The minimum atomic E-state index is -0.457. The summed E-state index contributed by atoms with van der Waals surface area (Å²) in [5.74, 6) is 0. The second-order valence-corrected chi connectivity index (χ2v) is 6.59. The first-order valence-corrected chi connectivity index (χ1v) is 7.84. The summed E-state index contributed by atoms with van der Waals surface area (Å²) in [6.45, 7) is 7.54.